The zero-order chi connectivity index (χ0) is 44.7. The van der Waals surface area contributed by atoms with Gasteiger partial charge in [0, 0.05) is 86.7 Å². The summed E-state index contributed by atoms with van der Waals surface area (Å²) in [6.45, 7) is 4.63. The number of benzene rings is 3. The molecule has 8 rings (SSSR count). The second-order valence-corrected chi connectivity index (χ2v) is 18.0. The summed E-state index contributed by atoms with van der Waals surface area (Å²) in [5, 5.41) is 27.0. The third kappa shape index (κ3) is 10.2. The molecule has 3 aliphatic rings. The highest BCUT2D eigenvalue weighted by atomic mass is 16.5. The molecule has 64 heavy (non-hydrogen) atoms. The van der Waals surface area contributed by atoms with Crippen LogP contribution in [0.1, 0.15) is 112 Å². The van der Waals surface area contributed by atoms with Crippen LogP contribution in [0.4, 0.5) is 5.69 Å². The lowest BCUT2D eigenvalue weighted by Gasteiger charge is -2.32. The first-order chi connectivity index (χ1) is 31.1. The molecule has 5 aromatic rings. The van der Waals surface area contributed by atoms with E-state index < -0.39 is 18.1 Å². The standard InChI is InChI=1S/C53H62N4O7/c1-4-35-15-17-45(64-34(2)58)28-44(60)29-49(39-16-18-51(62)52(26-39)63-3)56-32-40-12-8-14-48(47(40)33-56)57(22-20-50(61)36-9-5-6-10-36)53-27-38(19-21-55-53)46(37-11-7-13-43(59)24-37)25-42-31-54-30-41(42)23-35/h7-8,11-14,16,18-19,24,26-27,30-33,35-36,45-46,49,54-55,59,62H,4-6,9-10,15,17,20-23,25,28-29H2,1-3H3. The van der Waals surface area contributed by atoms with Crippen molar-refractivity contribution in [1.82, 2.24) is 14.9 Å². The van der Waals surface area contributed by atoms with Gasteiger partial charge in [-0.2, -0.15) is 0 Å². The number of phenolic OH excluding ortho intramolecular Hbond substituents is 2. The highest BCUT2D eigenvalue weighted by molar-refractivity contribution is 5.95. The number of hydrogen-bond acceptors (Lipinski definition) is 9. The first-order valence-corrected chi connectivity index (χ1v) is 23.1. The Labute approximate surface area is 376 Å². The number of aromatic amines is 1. The molecule has 4 heterocycles. The topological polar surface area (TPSA) is 146 Å². The van der Waals surface area contributed by atoms with Gasteiger partial charge in [0.15, 0.2) is 11.5 Å². The third-order valence-electron chi connectivity index (χ3n) is 13.7. The Bertz CT molecular complexity index is 2530. The third-order valence-corrected chi connectivity index (χ3v) is 13.7. The van der Waals surface area contributed by atoms with Crippen molar-refractivity contribution < 1.29 is 34.1 Å². The van der Waals surface area contributed by atoms with Gasteiger partial charge in [-0.1, -0.05) is 62.6 Å². The number of aromatic hydroxyl groups is 2. The van der Waals surface area contributed by atoms with Gasteiger partial charge in [-0.25, -0.2) is 0 Å². The van der Waals surface area contributed by atoms with Gasteiger partial charge in [-0.3, -0.25) is 14.4 Å². The molecule has 2 aliphatic heterocycles. The molecular formula is C53H62N4O7. The van der Waals surface area contributed by atoms with Crippen LogP contribution in [0, 0.1) is 11.8 Å². The molecule has 0 spiro atoms. The Hall–Kier alpha value is -6.23. The minimum Gasteiger partial charge on any atom is -0.508 e. The van der Waals surface area contributed by atoms with Crippen LogP contribution in [0.2, 0.25) is 0 Å². The fourth-order valence-electron chi connectivity index (χ4n) is 10.3. The first kappa shape index (κ1) is 44.4. The number of esters is 1. The molecule has 1 aliphatic carbocycles. The number of hydrogen-bond donors (Lipinski definition) is 4. The van der Waals surface area contributed by atoms with E-state index in [1.54, 1.807) is 18.2 Å². The normalized spacial score (nSPS) is 21.4. The zero-order valence-electron chi connectivity index (χ0n) is 37.4. The van der Waals surface area contributed by atoms with Crippen LogP contribution in [0.3, 0.4) is 0 Å². The number of Topliss-reactive ketones (excluding diaryl/α,β-unsaturated/α-hetero) is 2. The summed E-state index contributed by atoms with van der Waals surface area (Å²) in [5.41, 5.74) is 6.25. The van der Waals surface area contributed by atoms with Crippen molar-refractivity contribution in [3.63, 3.8) is 0 Å². The Morgan fingerprint density at radius 2 is 1.67 bits per heavy atom. The van der Waals surface area contributed by atoms with Gasteiger partial charge in [-0.15, -0.1) is 0 Å². The minimum absolute atomic E-state index is 0.00294. The predicted octanol–water partition coefficient (Wildman–Crippen LogP) is 9.98. The number of dihydropyridines is 1. The number of carbonyl (C=O) groups excluding carboxylic acids is 3. The van der Waals surface area contributed by atoms with E-state index >= 15 is 0 Å². The van der Waals surface area contributed by atoms with E-state index in [1.165, 1.54) is 25.2 Å². The van der Waals surface area contributed by atoms with E-state index in [4.69, 9.17) is 9.47 Å². The summed E-state index contributed by atoms with van der Waals surface area (Å²) in [5.74, 6) is 1.53. The summed E-state index contributed by atoms with van der Waals surface area (Å²) in [6.07, 6.45) is 20.6. The van der Waals surface area contributed by atoms with Crippen LogP contribution in [0.15, 0.2) is 109 Å². The number of H-pyrrole nitrogens is 1. The fraction of sp³-hybridized carbons (Fsp3) is 0.415. The van der Waals surface area contributed by atoms with Gasteiger partial charge in [0.05, 0.1) is 18.8 Å². The molecule has 4 atom stereocenters. The van der Waals surface area contributed by atoms with Crippen LogP contribution in [-0.4, -0.2) is 63.6 Å². The first-order valence-electron chi connectivity index (χ1n) is 23.1. The number of rotatable bonds is 9. The summed E-state index contributed by atoms with van der Waals surface area (Å²) in [6, 6.07) is 18.5. The van der Waals surface area contributed by atoms with Gasteiger partial charge in [-0.05, 0) is 109 Å². The Kier molecular flexibility index (Phi) is 13.9. The van der Waals surface area contributed by atoms with Gasteiger partial charge in [0.25, 0.3) is 0 Å². The molecule has 4 unspecified atom stereocenters. The highest BCUT2D eigenvalue weighted by Crippen LogP contribution is 2.39. The van der Waals surface area contributed by atoms with Crippen molar-refractivity contribution in [2.24, 2.45) is 11.8 Å². The number of ether oxygens (including phenoxy) is 2. The molecule has 1 fully saturated rings. The number of allylic oxidation sites excluding steroid dienone is 2. The molecule has 11 heteroatoms. The van der Waals surface area contributed by atoms with Gasteiger partial charge in [0.2, 0.25) is 0 Å². The van der Waals surface area contributed by atoms with E-state index in [9.17, 15) is 24.6 Å². The zero-order valence-corrected chi connectivity index (χ0v) is 37.4. The largest absolute Gasteiger partial charge is 0.508 e. The number of fused-ring (bicyclic) bond motifs is 3. The fourth-order valence-corrected chi connectivity index (χ4v) is 10.3. The van der Waals surface area contributed by atoms with Crippen LogP contribution < -0.4 is 15.0 Å². The Morgan fingerprint density at radius 3 is 2.44 bits per heavy atom. The van der Waals surface area contributed by atoms with E-state index in [0.717, 1.165) is 83.9 Å². The van der Waals surface area contributed by atoms with Gasteiger partial charge >= 0.3 is 5.97 Å². The summed E-state index contributed by atoms with van der Waals surface area (Å²) in [4.78, 5) is 46.2. The average Bonchev–Trinajstić information content (AvgIpc) is 4.08. The number of carbonyl (C=O) groups is 3. The number of phenols is 2. The maximum Gasteiger partial charge on any atom is 0.302 e. The average molecular weight is 867 g/mol. The number of ketones is 2. The lowest BCUT2D eigenvalue weighted by molar-refractivity contribution is -0.148. The lowest BCUT2D eigenvalue weighted by atomic mass is 9.82. The van der Waals surface area contributed by atoms with Gasteiger partial charge in [0.1, 0.15) is 29.2 Å². The molecular weight excluding hydrogens is 805 g/mol. The molecule has 336 valence electrons. The molecule has 1 saturated carbocycles. The molecule has 0 amide bonds. The van der Waals surface area contributed by atoms with Crippen LogP contribution in [-0.2, 0) is 32.0 Å². The van der Waals surface area contributed by atoms with Gasteiger partial charge < -0.3 is 39.5 Å². The molecule has 2 aromatic heterocycles. The van der Waals surface area contributed by atoms with E-state index in [1.807, 2.05) is 24.3 Å². The van der Waals surface area contributed by atoms with Crippen molar-refractivity contribution in [2.45, 2.75) is 109 Å². The lowest BCUT2D eigenvalue weighted by Crippen LogP contribution is -2.36. The summed E-state index contributed by atoms with van der Waals surface area (Å²) < 4.78 is 13.5. The molecule has 0 radical (unpaired) electrons. The van der Waals surface area contributed by atoms with Crippen LogP contribution in [0.5, 0.6) is 17.2 Å². The second kappa shape index (κ2) is 20.1. The molecule has 11 nitrogen and oxygen atoms in total. The van der Waals surface area contributed by atoms with Crippen molar-refractivity contribution in [2.75, 3.05) is 25.1 Å². The number of aromatic nitrogens is 2. The Morgan fingerprint density at radius 1 is 0.875 bits per heavy atom. The Balaban J connectivity index is 1.27. The molecule has 4 bridgehead atoms. The SMILES string of the molecule is CCC1CCC(OC(C)=O)CC(=O)CC(c2ccc(O)c(OC)c2)n2cc3cccc(c3c2)N(CCC(=O)C2CCCC2)C2=CC(=CCN2)C(c2cccc(O)c2)Cc2c[nH]cc2C1. The van der Waals surface area contributed by atoms with Crippen molar-refractivity contribution in [3.8, 4) is 17.2 Å². The number of methoxy groups -OCH3 is 1. The summed E-state index contributed by atoms with van der Waals surface area (Å²) >= 11 is 0. The van der Waals surface area contributed by atoms with Crippen molar-refractivity contribution in [1.29, 1.82) is 0 Å². The monoisotopic (exact) mass is 866 g/mol. The predicted molar refractivity (Wildman–Crippen MR) is 250 cm³/mol. The van der Waals surface area contributed by atoms with E-state index in [2.05, 4.69) is 81.8 Å². The molecule has 3 aromatic carbocycles. The number of anilines is 1. The van der Waals surface area contributed by atoms with Crippen molar-refractivity contribution in [3.05, 3.63) is 131 Å². The number of nitrogens with zero attached hydrogens (tertiary/aromatic N) is 2. The second-order valence-electron chi connectivity index (χ2n) is 18.0. The number of nitrogens with one attached hydrogen (secondary N) is 2. The van der Waals surface area contributed by atoms with Crippen LogP contribution in [0.25, 0.3) is 10.8 Å². The quantitative estimate of drug-likeness (QED) is 0.106. The highest BCUT2D eigenvalue weighted by Gasteiger charge is 2.29. The van der Waals surface area contributed by atoms with Crippen LogP contribution >= 0.6 is 0 Å². The molecule has 4 N–H and O–H groups in total. The summed E-state index contributed by atoms with van der Waals surface area (Å²) in [7, 11) is 1.51. The smallest absolute Gasteiger partial charge is 0.302 e. The minimum atomic E-state index is -0.578. The maximum absolute atomic E-state index is 14.3. The van der Waals surface area contributed by atoms with E-state index in [0.29, 0.717) is 43.9 Å². The van der Waals surface area contributed by atoms with E-state index in [-0.39, 0.29) is 47.9 Å². The molecule has 0 saturated heterocycles. The van der Waals surface area contributed by atoms with Crippen molar-refractivity contribution >= 4 is 34.0 Å². The maximum atomic E-state index is 14.3.